The molecule has 0 aliphatic heterocycles. The van der Waals surface area contributed by atoms with E-state index in [2.05, 4.69) is 15.4 Å². The van der Waals surface area contributed by atoms with Crippen molar-refractivity contribution in [2.24, 2.45) is 0 Å². The molecule has 2 rings (SSSR count). The highest BCUT2D eigenvalue weighted by molar-refractivity contribution is 7.12. The minimum atomic E-state index is -0.254. The van der Waals surface area contributed by atoms with E-state index in [0.717, 1.165) is 5.13 Å². The molecule has 0 bridgehead atoms. The number of amides is 1. The molecule has 2 aromatic heterocycles. The van der Waals surface area contributed by atoms with E-state index in [9.17, 15) is 4.79 Å². The zero-order chi connectivity index (χ0) is 10.7. The van der Waals surface area contributed by atoms with Crippen LogP contribution in [-0.2, 0) is 4.79 Å². The fourth-order valence-corrected chi connectivity index (χ4v) is 1.66. The topological polar surface area (TPSA) is 59.8 Å². The number of halogens is 1. The summed E-state index contributed by atoms with van der Waals surface area (Å²) in [6, 6.07) is 0. The van der Waals surface area contributed by atoms with Gasteiger partial charge in [-0.05, 0) is 0 Å². The number of rotatable bonds is 3. The van der Waals surface area contributed by atoms with Gasteiger partial charge in [0.25, 0.3) is 0 Å². The predicted octanol–water partition coefficient (Wildman–Crippen LogP) is 1.51. The molecule has 0 radical (unpaired) electrons. The number of hydrogen-bond donors (Lipinski definition) is 1. The lowest BCUT2D eigenvalue weighted by atomic mass is 10.5. The van der Waals surface area contributed by atoms with Crippen LogP contribution < -0.4 is 5.32 Å². The van der Waals surface area contributed by atoms with Crippen molar-refractivity contribution in [3.05, 3.63) is 24.0 Å². The number of carbonyl (C=O) groups is 1. The van der Waals surface area contributed by atoms with Crippen LogP contribution in [0.15, 0.2) is 24.0 Å². The molecule has 0 saturated heterocycles. The van der Waals surface area contributed by atoms with E-state index < -0.39 is 0 Å². The van der Waals surface area contributed by atoms with Gasteiger partial charge in [-0.25, -0.2) is 9.67 Å². The van der Waals surface area contributed by atoms with Crippen molar-refractivity contribution in [3.63, 3.8) is 0 Å². The third kappa shape index (κ3) is 2.34. The minimum absolute atomic E-state index is 0.0670. The Balaban J connectivity index is 2.14. The van der Waals surface area contributed by atoms with Crippen LogP contribution in [0, 0.1) is 0 Å². The first-order valence-electron chi connectivity index (χ1n) is 4.10. The first kappa shape index (κ1) is 10.1. The van der Waals surface area contributed by atoms with Gasteiger partial charge in [0.05, 0.1) is 18.1 Å². The standard InChI is InChI=1S/C8H7ClN4OS/c9-3-7(14)12-6-4-11-13(5-6)8-10-1-2-15-8/h1-2,4-5H,3H2,(H,12,14). The Labute approximate surface area is 94.7 Å². The van der Waals surface area contributed by atoms with Crippen LogP contribution in [0.3, 0.4) is 0 Å². The summed E-state index contributed by atoms with van der Waals surface area (Å²) >= 11 is 6.82. The molecule has 15 heavy (non-hydrogen) atoms. The third-order valence-electron chi connectivity index (χ3n) is 1.60. The molecule has 0 fully saturated rings. The summed E-state index contributed by atoms with van der Waals surface area (Å²) in [4.78, 5) is 15.1. The molecule has 0 spiro atoms. The maximum atomic E-state index is 11.0. The van der Waals surface area contributed by atoms with Crippen molar-refractivity contribution >= 4 is 34.5 Å². The van der Waals surface area contributed by atoms with Gasteiger partial charge in [0, 0.05) is 11.6 Å². The molecule has 2 heterocycles. The number of hydrogen-bond acceptors (Lipinski definition) is 4. The zero-order valence-electron chi connectivity index (χ0n) is 7.55. The molecular formula is C8H7ClN4OS. The van der Waals surface area contributed by atoms with Crippen molar-refractivity contribution in [1.29, 1.82) is 0 Å². The number of anilines is 1. The molecule has 0 atom stereocenters. The van der Waals surface area contributed by atoms with Gasteiger partial charge in [-0.1, -0.05) is 0 Å². The lowest BCUT2D eigenvalue weighted by Crippen LogP contribution is -2.11. The molecule has 5 nitrogen and oxygen atoms in total. The zero-order valence-corrected chi connectivity index (χ0v) is 9.13. The molecule has 0 unspecified atom stereocenters. The fraction of sp³-hybridized carbons (Fsp3) is 0.125. The van der Waals surface area contributed by atoms with Gasteiger partial charge < -0.3 is 5.32 Å². The summed E-state index contributed by atoms with van der Waals surface area (Å²) in [5.41, 5.74) is 0.607. The third-order valence-corrected chi connectivity index (χ3v) is 2.61. The molecule has 0 aliphatic carbocycles. The summed E-state index contributed by atoms with van der Waals surface area (Å²) in [6.07, 6.45) is 4.92. The van der Waals surface area contributed by atoms with E-state index in [1.54, 1.807) is 23.3 Å². The van der Waals surface area contributed by atoms with Gasteiger partial charge in [0.2, 0.25) is 11.0 Å². The number of thiazole rings is 1. The number of alkyl halides is 1. The molecule has 1 N–H and O–H groups in total. The normalized spacial score (nSPS) is 10.2. The first-order chi connectivity index (χ1) is 7.29. The summed E-state index contributed by atoms with van der Waals surface area (Å²) < 4.78 is 1.59. The summed E-state index contributed by atoms with van der Waals surface area (Å²) in [5, 5.41) is 9.26. The average Bonchev–Trinajstić information content (AvgIpc) is 2.85. The van der Waals surface area contributed by atoms with Crippen LogP contribution >= 0.6 is 22.9 Å². The fourth-order valence-electron chi connectivity index (χ4n) is 1.02. The molecule has 78 valence electrons. The van der Waals surface area contributed by atoms with Crippen molar-refractivity contribution in [2.75, 3.05) is 11.2 Å². The van der Waals surface area contributed by atoms with Crippen LogP contribution in [0.25, 0.3) is 5.13 Å². The van der Waals surface area contributed by atoms with Crippen LogP contribution in [0.5, 0.6) is 0 Å². The van der Waals surface area contributed by atoms with Gasteiger partial charge in [-0.2, -0.15) is 5.10 Å². The van der Waals surface area contributed by atoms with Gasteiger partial charge >= 0.3 is 0 Å². The largest absolute Gasteiger partial charge is 0.322 e. The smallest absolute Gasteiger partial charge is 0.239 e. The average molecular weight is 243 g/mol. The summed E-state index contributed by atoms with van der Waals surface area (Å²) in [6.45, 7) is 0. The Morgan fingerprint density at radius 1 is 1.67 bits per heavy atom. The van der Waals surface area contributed by atoms with Gasteiger partial charge in [-0.15, -0.1) is 22.9 Å². The Hall–Kier alpha value is -1.40. The molecular weight excluding hydrogens is 236 g/mol. The van der Waals surface area contributed by atoms with E-state index >= 15 is 0 Å². The molecule has 1 amide bonds. The highest BCUT2D eigenvalue weighted by atomic mass is 35.5. The maximum absolute atomic E-state index is 11.0. The lowest BCUT2D eigenvalue weighted by Gasteiger charge is -1.96. The minimum Gasteiger partial charge on any atom is -0.322 e. The van der Waals surface area contributed by atoms with Crippen molar-refractivity contribution in [1.82, 2.24) is 14.8 Å². The highest BCUT2D eigenvalue weighted by Crippen LogP contribution is 2.13. The SMILES string of the molecule is O=C(CCl)Nc1cnn(-c2nccs2)c1. The van der Waals surface area contributed by atoms with E-state index in [0.29, 0.717) is 5.69 Å². The van der Waals surface area contributed by atoms with Crippen LogP contribution in [0.2, 0.25) is 0 Å². The Morgan fingerprint density at radius 2 is 2.53 bits per heavy atom. The quantitative estimate of drug-likeness (QED) is 0.830. The Morgan fingerprint density at radius 3 is 3.20 bits per heavy atom. The van der Waals surface area contributed by atoms with Crippen LogP contribution in [-0.4, -0.2) is 26.6 Å². The predicted molar refractivity (Wildman–Crippen MR) is 58.6 cm³/mol. The number of nitrogens with one attached hydrogen (secondary N) is 1. The van der Waals surface area contributed by atoms with Crippen LogP contribution in [0.4, 0.5) is 5.69 Å². The number of nitrogens with zero attached hydrogens (tertiary/aromatic N) is 3. The Bertz CT molecular complexity index is 453. The summed E-state index contributed by atoms with van der Waals surface area (Å²) in [5.74, 6) is -0.321. The molecule has 7 heteroatoms. The van der Waals surface area contributed by atoms with Crippen molar-refractivity contribution in [3.8, 4) is 5.13 Å². The second-order valence-electron chi connectivity index (χ2n) is 2.67. The highest BCUT2D eigenvalue weighted by Gasteiger charge is 2.05. The second kappa shape index (κ2) is 4.41. The van der Waals surface area contributed by atoms with Crippen molar-refractivity contribution in [2.45, 2.75) is 0 Å². The van der Waals surface area contributed by atoms with E-state index in [1.165, 1.54) is 11.3 Å². The first-order valence-corrected chi connectivity index (χ1v) is 5.51. The molecule has 2 aromatic rings. The molecule has 0 aromatic carbocycles. The molecule has 0 saturated carbocycles. The lowest BCUT2D eigenvalue weighted by molar-refractivity contribution is -0.113. The number of carbonyl (C=O) groups excluding carboxylic acids is 1. The Kier molecular flexibility index (Phi) is 2.98. The van der Waals surface area contributed by atoms with E-state index in [4.69, 9.17) is 11.6 Å². The second-order valence-corrected chi connectivity index (χ2v) is 3.81. The van der Waals surface area contributed by atoms with Crippen LogP contribution in [0.1, 0.15) is 0 Å². The maximum Gasteiger partial charge on any atom is 0.239 e. The van der Waals surface area contributed by atoms with E-state index in [1.807, 2.05) is 5.38 Å². The van der Waals surface area contributed by atoms with Gasteiger partial charge in [0.15, 0.2) is 0 Å². The van der Waals surface area contributed by atoms with Gasteiger partial charge in [0.1, 0.15) is 5.88 Å². The van der Waals surface area contributed by atoms with Gasteiger partial charge in [-0.3, -0.25) is 4.79 Å². The van der Waals surface area contributed by atoms with E-state index in [-0.39, 0.29) is 11.8 Å². The monoisotopic (exact) mass is 242 g/mol. The molecule has 0 aliphatic rings. The van der Waals surface area contributed by atoms with Crippen molar-refractivity contribution < 1.29 is 4.79 Å². The summed E-state index contributed by atoms with van der Waals surface area (Å²) in [7, 11) is 0. The number of aromatic nitrogens is 3.